The minimum absolute atomic E-state index is 0.135. The van der Waals surface area contributed by atoms with Crippen LogP contribution in [0.15, 0.2) is 47.1 Å². The van der Waals surface area contributed by atoms with E-state index < -0.39 is 5.97 Å². The number of aryl methyl sites for hydroxylation is 2. The first-order chi connectivity index (χ1) is 12.4. The van der Waals surface area contributed by atoms with Gasteiger partial charge >= 0.3 is 5.97 Å². The highest BCUT2D eigenvalue weighted by Gasteiger charge is 2.21. The number of fused-ring (bicyclic) bond motifs is 1. The average molecular weight is 351 g/mol. The van der Waals surface area contributed by atoms with Crippen molar-refractivity contribution in [2.24, 2.45) is 0 Å². The van der Waals surface area contributed by atoms with Crippen LogP contribution in [0.3, 0.4) is 0 Å². The maximum atomic E-state index is 12.8. The molecule has 26 heavy (non-hydrogen) atoms. The fourth-order valence-electron chi connectivity index (χ4n) is 3.22. The van der Waals surface area contributed by atoms with Crippen LogP contribution in [0.4, 0.5) is 5.69 Å². The molecule has 0 unspecified atom stereocenters. The highest BCUT2D eigenvalue weighted by atomic mass is 16.5. The number of anilines is 1. The highest BCUT2D eigenvalue weighted by molar-refractivity contribution is 6.03. The number of methoxy groups -OCH3 is 1. The van der Waals surface area contributed by atoms with Crippen molar-refractivity contribution in [3.05, 3.63) is 64.9 Å². The molecule has 2 aromatic carbocycles. The summed E-state index contributed by atoms with van der Waals surface area (Å²) in [5, 5.41) is 0.971. The van der Waals surface area contributed by atoms with Crippen molar-refractivity contribution in [1.82, 2.24) is 0 Å². The lowest BCUT2D eigenvalue weighted by Gasteiger charge is -2.19. The second-order valence-electron chi connectivity index (χ2n) is 6.35. The first-order valence-electron chi connectivity index (χ1n) is 8.33. The molecule has 134 valence electrons. The van der Waals surface area contributed by atoms with Crippen LogP contribution in [-0.4, -0.2) is 26.0 Å². The third-order valence-corrected chi connectivity index (χ3v) is 4.48. The minimum atomic E-state index is -0.472. The van der Waals surface area contributed by atoms with Crippen LogP contribution >= 0.6 is 0 Å². The Bertz CT molecular complexity index is 987. The summed E-state index contributed by atoms with van der Waals surface area (Å²) in [5.74, 6) is -0.607. The lowest BCUT2D eigenvalue weighted by Crippen LogP contribution is -2.29. The Kier molecular flexibility index (Phi) is 4.80. The maximum Gasteiger partial charge on any atom is 0.339 e. The van der Waals surface area contributed by atoms with Gasteiger partial charge in [-0.3, -0.25) is 4.79 Å². The van der Waals surface area contributed by atoms with E-state index in [1.807, 2.05) is 19.9 Å². The number of amides is 1. The molecule has 0 aliphatic carbocycles. The molecular weight excluding hydrogens is 330 g/mol. The second kappa shape index (κ2) is 7.04. The molecule has 0 saturated carbocycles. The molecule has 0 saturated heterocycles. The first kappa shape index (κ1) is 17.7. The lowest BCUT2D eigenvalue weighted by molar-refractivity contribution is -0.117. The number of rotatable bonds is 4. The number of hydrogen-bond acceptors (Lipinski definition) is 4. The number of nitrogens with zero attached hydrogens (tertiary/aromatic N) is 1. The predicted octanol–water partition coefficient (Wildman–Crippen LogP) is 4.04. The topological polar surface area (TPSA) is 59.8 Å². The van der Waals surface area contributed by atoms with Crippen molar-refractivity contribution in [3.8, 4) is 0 Å². The molecule has 0 fully saturated rings. The van der Waals surface area contributed by atoms with Gasteiger partial charge in [0, 0.05) is 18.0 Å². The summed E-state index contributed by atoms with van der Waals surface area (Å²) in [7, 11) is 2.98. The Labute approximate surface area is 152 Å². The van der Waals surface area contributed by atoms with Gasteiger partial charge in [-0.1, -0.05) is 18.2 Å². The van der Waals surface area contributed by atoms with E-state index in [1.165, 1.54) is 12.0 Å². The lowest BCUT2D eigenvalue weighted by atomic mass is 10.0. The molecule has 5 nitrogen and oxygen atoms in total. The standard InChI is InChI=1S/C21H21NO4/c1-13-9-14(2)20-15(12-26-18(20)10-13)11-19(23)22(3)17-8-6-5-7-16(17)21(24)25-4/h5-10,12H,11H2,1-4H3. The van der Waals surface area contributed by atoms with Crippen molar-refractivity contribution in [2.45, 2.75) is 20.3 Å². The van der Waals surface area contributed by atoms with Gasteiger partial charge < -0.3 is 14.1 Å². The smallest absolute Gasteiger partial charge is 0.339 e. The zero-order valence-electron chi connectivity index (χ0n) is 15.3. The fourth-order valence-corrected chi connectivity index (χ4v) is 3.22. The van der Waals surface area contributed by atoms with Gasteiger partial charge in [0.05, 0.1) is 31.0 Å². The van der Waals surface area contributed by atoms with E-state index in [1.54, 1.807) is 37.6 Å². The van der Waals surface area contributed by atoms with Crippen LogP contribution in [0.25, 0.3) is 11.0 Å². The predicted molar refractivity (Wildman–Crippen MR) is 101 cm³/mol. The third kappa shape index (κ3) is 3.20. The summed E-state index contributed by atoms with van der Waals surface area (Å²) in [6.45, 7) is 4.02. The molecule has 3 aromatic rings. The number of benzene rings is 2. The van der Waals surface area contributed by atoms with Gasteiger partial charge in [0.2, 0.25) is 5.91 Å². The van der Waals surface area contributed by atoms with Crippen LogP contribution in [0.2, 0.25) is 0 Å². The Balaban J connectivity index is 1.91. The zero-order chi connectivity index (χ0) is 18.8. The number of ether oxygens (including phenoxy) is 1. The molecule has 0 aliphatic heterocycles. The molecular formula is C21H21NO4. The summed E-state index contributed by atoms with van der Waals surface area (Å²) in [4.78, 5) is 26.3. The van der Waals surface area contributed by atoms with Crippen molar-refractivity contribution in [3.63, 3.8) is 0 Å². The summed E-state index contributed by atoms with van der Waals surface area (Å²) >= 11 is 0. The monoisotopic (exact) mass is 351 g/mol. The van der Waals surface area contributed by atoms with E-state index >= 15 is 0 Å². The van der Waals surface area contributed by atoms with Gasteiger partial charge in [0.15, 0.2) is 0 Å². The SMILES string of the molecule is COC(=O)c1ccccc1N(C)C(=O)Cc1coc2cc(C)cc(C)c12. The third-order valence-electron chi connectivity index (χ3n) is 4.48. The summed E-state index contributed by atoms with van der Waals surface area (Å²) in [6, 6.07) is 10.9. The molecule has 1 heterocycles. The highest BCUT2D eigenvalue weighted by Crippen LogP contribution is 2.28. The van der Waals surface area contributed by atoms with Gasteiger partial charge in [0.1, 0.15) is 5.58 Å². The number of para-hydroxylation sites is 1. The van der Waals surface area contributed by atoms with Gasteiger partial charge in [-0.05, 0) is 43.2 Å². The number of carbonyl (C=O) groups is 2. The summed E-state index contributed by atoms with van der Waals surface area (Å²) < 4.78 is 10.4. The molecule has 1 aromatic heterocycles. The Morgan fingerprint density at radius 1 is 1.15 bits per heavy atom. The molecule has 3 rings (SSSR count). The summed E-state index contributed by atoms with van der Waals surface area (Å²) in [6.07, 6.45) is 1.82. The molecule has 5 heteroatoms. The number of hydrogen-bond donors (Lipinski definition) is 0. The van der Waals surface area contributed by atoms with Gasteiger partial charge in [0.25, 0.3) is 0 Å². The second-order valence-corrected chi connectivity index (χ2v) is 6.35. The molecule has 0 atom stereocenters. The quantitative estimate of drug-likeness (QED) is 0.666. The Morgan fingerprint density at radius 3 is 2.62 bits per heavy atom. The van der Waals surface area contributed by atoms with Crippen LogP contribution in [0.5, 0.6) is 0 Å². The molecule has 0 spiro atoms. The molecule has 1 amide bonds. The fraction of sp³-hybridized carbons (Fsp3) is 0.238. The number of likely N-dealkylation sites (N-methyl/N-ethyl adjacent to an activating group) is 1. The van der Waals surface area contributed by atoms with Gasteiger partial charge in [-0.15, -0.1) is 0 Å². The van der Waals surface area contributed by atoms with Crippen molar-refractivity contribution in [1.29, 1.82) is 0 Å². The zero-order valence-corrected chi connectivity index (χ0v) is 15.3. The van der Waals surface area contributed by atoms with Crippen LogP contribution < -0.4 is 4.90 Å². The van der Waals surface area contributed by atoms with Crippen LogP contribution in [0, 0.1) is 13.8 Å². The van der Waals surface area contributed by atoms with Crippen LogP contribution in [-0.2, 0) is 16.0 Å². The van der Waals surface area contributed by atoms with E-state index in [4.69, 9.17) is 9.15 Å². The number of esters is 1. The van der Waals surface area contributed by atoms with Crippen molar-refractivity contribution in [2.75, 3.05) is 19.1 Å². The minimum Gasteiger partial charge on any atom is -0.465 e. The van der Waals surface area contributed by atoms with E-state index in [0.29, 0.717) is 11.3 Å². The van der Waals surface area contributed by atoms with Gasteiger partial charge in [-0.25, -0.2) is 4.79 Å². The number of furan rings is 1. The van der Waals surface area contributed by atoms with Gasteiger partial charge in [-0.2, -0.15) is 0 Å². The normalized spacial score (nSPS) is 10.8. The summed E-state index contributed by atoms with van der Waals surface area (Å²) in [5.41, 5.74) is 4.69. The Hall–Kier alpha value is -3.08. The largest absolute Gasteiger partial charge is 0.465 e. The van der Waals surface area contributed by atoms with E-state index in [0.717, 1.165) is 27.7 Å². The van der Waals surface area contributed by atoms with Crippen molar-refractivity contribution < 1.29 is 18.7 Å². The Morgan fingerprint density at radius 2 is 1.88 bits per heavy atom. The number of carbonyl (C=O) groups excluding carboxylic acids is 2. The van der Waals surface area contributed by atoms with E-state index in [9.17, 15) is 9.59 Å². The average Bonchev–Trinajstić information content (AvgIpc) is 3.03. The molecule has 0 bridgehead atoms. The first-order valence-corrected chi connectivity index (χ1v) is 8.33. The maximum absolute atomic E-state index is 12.8. The van der Waals surface area contributed by atoms with E-state index in [2.05, 4.69) is 6.07 Å². The molecule has 0 radical (unpaired) electrons. The van der Waals surface area contributed by atoms with Crippen molar-refractivity contribution >= 4 is 28.5 Å². The molecule has 0 N–H and O–H groups in total. The van der Waals surface area contributed by atoms with Crippen LogP contribution in [0.1, 0.15) is 27.0 Å². The van der Waals surface area contributed by atoms with E-state index in [-0.39, 0.29) is 12.3 Å². The molecule has 0 aliphatic rings.